The van der Waals surface area contributed by atoms with Crippen LogP contribution in [0.25, 0.3) is 0 Å². The Morgan fingerprint density at radius 2 is 1.62 bits per heavy atom. The number of rotatable bonds is 5. The van der Waals surface area contributed by atoms with Gasteiger partial charge in [-0.25, -0.2) is 8.42 Å². The van der Waals surface area contributed by atoms with Crippen molar-refractivity contribution < 1.29 is 13.2 Å². The number of benzene rings is 3. The van der Waals surface area contributed by atoms with Crippen LogP contribution in [0.5, 0.6) is 0 Å². The van der Waals surface area contributed by atoms with Crippen molar-refractivity contribution in [3.8, 4) is 0 Å². The van der Waals surface area contributed by atoms with Crippen LogP contribution in [-0.2, 0) is 10.0 Å². The van der Waals surface area contributed by atoms with Crippen LogP contribution in [0, 0.1) is 13.8 Å². The number of carbonyl (C=O) groups excluding carboxylic acids is 1. The molecule has 178 valence electrons. The van der Waals surface area contributed by atoms with Crippen LogP contribution in [0.4, 0.5) is 11.4 Å². The van der Waals surface area contributed by atoms with E-state index in [0.29, 0.717) is 36.9 Å². The number of anilines is 2. The van der Waals surface area contributed by atoms with E-state index >= 15 is 0 Å². The van der Waals surface area contributed by atoms with E-state index in [0.717, 1.165) is 16.8 Å². The Kier molecular flexibility index (Phi) is 7.07. The van der Waals surface area contributed by atoms with Gasteiger partial charge < -0.3 is 9.80 Å². The number of nitrogens with zero attached hydrogens (tertiary/aromatic N) is 2. The van der Waals surface area contributed by atoms with Crippen LogP contribution in [0.2, 0.25) is 10.0 Å². The predicted octanol–water partition coefficient (Wildman–Crippen LogP) is 5.37. The summed E-state index contributed by atoms with van der Waals surface area (Å²) < 4.78 is 28.9. The summed E-state index contributed by atoms with van der Waals surface area (Å²) in [6.45, 7) is 6.08. The molecule has 9 heteroatoms. The van der Waals surface area contributed by atoms with Gasteiger partial charge >= 0.3 is 0 Å². The largest absolute Gasteiger partial charge is 0.368 e. The first kappa shape index (κ1) is 24.4. The molecule has 1 saturated heterocycles. The smallest absolute Gasteiger partial charge is 0.263 e. The van der Waals surface area contributed by atoms with Gasteiger partial charge in [0, 0.05) is 42.5 Å². The molecule has 34 heavy (non-hydrogen) atoms. The fourth-order valence-electron chi connectivity index (χ4n) is 3.93. The van der Waals surface area contributed by atoms with Crippen LogP contribution in [0.1, 0.15) is 21.5 Å². The predicted molar refractivity (Wildman–Crippen MR) is 138 cm³/mol. The summed E-state index contributed by atoms with van der Waals surface area (Å²) in [5.41, 5.74) is 3.56. The van der Waals surface area contributed by atoms with E-state index in [2.05, 4.69) is 9.62 Å². The minimum absolute atomic E-state index is 0.0557. The fraction of sp³-hybridized carbons (Fsp3) is 0.240. The summed E-state index contributed by atoms with van der Waals surface area (Å²) in [5, 5.41) is 0.723. The molecule has 1 amide bonds. The zero-order valence-corrected chi connectivity index (χ0v) is 21.2. The minimum atomic E-state index is -3.99. The molecular weight excluding hydrogens is 493 g/mol. The zero-order chi connectivity index (χ0) is 24.5. The van der Waals surface area contributed by atoms with Gasteiger partial charge in [-0.15, -0.1) is 0 Å². The number of halogens is 2. The average Bonchev–Trinajstić information content (AvgIpc) is 2.82. The van der Waals surface area contributed by atoms with Crippen molar-refractivity contribution in [2.24, 2.45) is 0 Å². The number of hydrogen-bond donors (Lipinski definition) is 1. The maximum absolute atomic E-state index is 13.2. The highest BCUT2D eigenvalue weighted by Gasteiger charge is 2.26. The first-order chi connectivity index (χ1) is 16.2. The third-order valence-corrected chi connectivity index (χ3v) is 8.14. The standard InChI is InChI=1S/C25H25Cl2N3O3S/c1-17-5-3-8-23(18(17)2)28-34(32,33)24-15-19(9-10-22(24)27)25(31)30-13-11-29(12-14-30)21-7-4-6-20(26)16-21/h3-10,15-16,28H,11-14H2,1-2H3. The van der Waals surface area contributed by atoms with E-state index in [4.69, 9.17) is 23.2 Å². The molecule has 1 aliphatic rings. The van der Waals surface area contributed by atoms with Gasteiger partial charge in [0.05, 0.1) is 10.7 Å². The molecule has 1 N–H and O–H groups in total. The van der Waals surface area contributed by atoms with Gasteiger partial charge in [0.15, 0.2) is 0 Å². The molecule has 0 radical (unpaired) electrons. The topological polar surface area (TPSA) is 69.7 Å². The molecule has 6 nitrogen and oxygen atoms in total. The normalized spacial score (nSPS) is 14.2. The molecule has 0 atom stereocenters. The van der Waals surface area contributed by atoms with E-state index < -0.39 is 10.0 Å². The van der Waals surface area contributed by atoms with Gasteiger partial charge in [-0.3, -0.25) is 9.52 Å². The number of hydrogen-bond acceptors (Lipinski definition) is 4. The lowest BCUT2D eigenvalue weighted by molar-refractivity contribution is 0.0746. The van der Waals surface area contributed by atoms with E-state index in [1.807, 2.05) is 44.2 Å². The third kappa shape index (κ3) is 5.17. The fourth-order valence-corrected chi connectivity index (χ4v) is 5.76. The lowest BCUT2D eigenvalue weighted by Gasteiger charge is -2.36. The number of amides is 1. The van der Waals surface area contributed by atoms with Gasteiger partial charge in [-0.05, 0) is 67.4 Å². The number of aryl methyl sites for hydroxylation is 1. The zero-order valence-electron chi connectivity index (χ0n) is 18.9. The maximum Gasteiger partial charge on any atom is 0.263 e. The molecule has 1 fully saturated rings. The van der Waals surface area contributed by atoms with Crippen molar-refractivity contribution in [1.29, 1.82) is 0 Å². The van der Waals surface area contributed by atoms with Crippen LogP contribution in [0.15, 0.2) is 65.6 Å². The van der Waals surface area contributed by atoms with Gasteiger partial charge in [0.1, 0.15) is 4.90 Å². The lowest BCUT2D eigenvalue weighted by atomic mass is 10.1. The number of nitrogens with one attached hydrogen (secondary N) is 1. The Hall–Kier alpha value is -2.74. The summed E-state index contributed by atoms with van der Waals surface area (Å²) in [4.78, 5) is 16.9. The highest BCUT2D eigenvalue weighted by molar-refractivity contribution is 7.92. The van der Waals surface area contributed by atoms with Crippen molar-refractivity contribution in [2.75, 3.05) is 35.8 Å². The van der Waals surface area contributed by atoms with E-state index in [1.54, 1.807) is 23.1 Å². The van der Waals surface area contributed by atoms with Crippen LogP contribution < -0.4 is 9.62 Å². The van der Waals surface area contributed by atoms with Crippen molar-refractivity contribution in [3.05, 3.63) is 87.4 Å². The molecule has 3 aromatic carbocycles. The maximum atomic E-state index is 13.2. The van der Waals surface area contributed by atoms with Crippen LogP contribution in [-0.4, -0.2) is 45.4 Å². The molecule has 0 aromatic heterocycles. The molecule has 0 aliphatic carbocycles. The van der Waals surface area contributed by atoms with Crippen molar-refractivity contribution in [3.63, 3.8) is 0 Å². The number of sulfonamides is 1. The second-order valence-corrected chi connectivity index (χ2v) is 10.8. The SMILES string of the molecule is Cc1cccc(NS(=O)(=O)c2cc(C(=O)N3CCN(c4cccc(Cl)c4)CC3)ccc2Cl)c1C. The Bertz CT molecular complexity index is 1340. The molecule has 1 aliphatic heterocycles. The third-order valence-electron chi connectivity index (χ3n) is 6.06. The average molecular weight is 518 g/mol. The van der Waals surface area contributed by atoms with Gasteiger partial charge in [0.2, 0.25) is 0 Å². The van der Waals surface area contributed by atoms with Crippen LogP contribution >= 0.6 is 23.2 Å². The lowest BCUT2D eigenvalue weighted by Crippen LogP contribution is -2.48. The summed E-state index contributed by atoms with van der Waals surface area (Å²) in [6, 6.07) is 17.4. The van der Waals surface area contributed by atoms with Crippen molar-refractivity contribution >= 4 is 50.5 Å². The first-order valence-electron chi connectivity index (χ1n) is 10.8. The Labute approximate surface area is 210 Å². The number of piperazine rings is 1. The molecule has 0 unspecified atom stereocenters. The second kappa shape index (κ2) is 9.86. The molecule has 0 saturated carbocycles. The van der Waals surface area contributed by atoms with E-state index in [1.165, 1.54) is 12.1 Å². The summed E-state index contributed by atoms with van der Waals surface area (Å²) in [5.74, 6) is -0.231. The quantitative estimate of drug-likeness (QED) is 0.493. The highest BCUT2D eigenvalue weighted by atomic mass is 35.5. The van der Waals surface area contributed by atoms with Crippen molar-refractivity contribution in [2.45, 2.75) is 18.7 Å². The monoisotopic (exact) mass is 517 g/mol. The summed E-state index contributed by atoms with van der Waals surface area (Å²) in [6.07, 6.45) is 0. The first-order valence-corrected chi connectivity index (χ1v) is 13.1. The Morgan fingerprint density at radius 3 is 2.32 bits per heavy atom. The number of carbonyl (C=O) groups is 1. The Balaban J connectivity index is 1.51. The Morgan fingerprint density at radius 1 is 0.912 bits per heavy atom. The highest BCUT2D eigenvalue weighted by Crippen LogP contribution is 2.28. The molecule has 3 aromatic rings. The summed E-state index contributed by atoms with van der Waals surface area (Å²) in [7, 11) is -3.99. The van der Waals surface area contributed by atoms with Crippen molar-refractivity contribution in [1.82, 2.24) is 4.90 Å². The molecule has 1 heterocycles. The summed E-state index contributed by atoms with van der Waals surface area (Å²) >= 11 is 12.3. The molecular formula is C25H25Cl2N3O3S. The van der Waals surface area contributed by atoms with Gasteiger partial charge in [0.25, 0.3) is 15.9 Å². The van der Waals surface area contributed by atoms with Crippen LogP contribution in [0.3, 0.4) is 0 Å². The van der Waals surface area contributed by atoms with Gasteiger partial charge in [-0.2, -0.15) is 0 Å². The van der Waals surface area contributed by atoms with E-state index in [-0.39, 0.29) is 21.4 Å². The second-order valence-electron chi connectivity index (χ2n) is 8.26. The molecule has 0 bridgehead atoms. The molecule has 0 spiro atoms. The van der Waals surface area contributed by atoms with Gasteiger partial charge in [-0.1, -0.05) is 41.4 Å². The minimum Gasteiger partial charge on any atom is -0.368 e. The molecule has 4 rings (SSSR count). The van der Waals surface area contributed by atoms with E-state index in [9.17, 15) is 13.2 Å².